The van der Waals surface area contributed by atoms with Crippen molar-refractivity contribution in [2.75, 3.05) is 0 Å². The molecule has 1 aromatic carbocycles. The maximum Gasteiger partial charge on any atom is 0.305 e. The summed E-state index contributed by atoms with van der Waals surface area (Å²) in [6, 6.07) is 4.67. The van der Waals surface area contributed by atoms with E-state index in [4.69, 9.17) is 16.7 Å². The molecule has 0 saturated carbocycles. The maximum absolute atomic E-state index is 11.8. The summed E-state index contributed by atoms with van der Waals surface area (Å²) in [5.74, 6) is -1.31. The summed E-state index contributed by atoms with van der Waals surface area (Å²) in [6.45, 7) is 3.51. The van der Waals surface area contributed by atoms with E-state index in [1.807, 2.05) is 6.92 Å². The van der Waals surface area contributed by atoms with Crippen molar-refractivity contribution in [2.45, 2.75) is 26.3 Å². The number of rotatable bonds is 4. The lowest BCUT2D eigenvalue weighted by atomic mass is 10.1. The van der Waals surface area contributed by atoms with Crippen LogP contribution in [0, 0.1) is 6.92 Å². The van der Waals surface area contributed by atoms with Crippen LogP contribution < -0.4 is 5.32 Å². The van der Waals surface area contributed by atoms with Gasteiger partial charge in [-0.2, -0.15) is 0 Å². The molecule has 0 aliphatic rings. The van der Waals surface area contributed by atoms with E-state index in [-0.39, 0.29) is 12.3 Å². The van der Waals surface area contributed by atoms with Crippen molar-refractivity contribution in [1.29, 1.82) is 0 Å². The van der Waals surface area contributed by atoms with E-state index in [0.717, 1.165) is 5.56 Å². The normalized spacial score (nSPS) is 11.9. The van der Waals surface area contributed by atoms with Crippen LogP contribution in [0.4, 0.5) is 0 Å². The minimum atomic E-state index is -0.951. The summed E-state index contributed by atoms with van der Waals surface area (Å²) in [7, 11) is 0. The first-order chi connectivity index (χ1) is 7.90. The van der Waals surface area contributed by atoms with Crippen LogP contribution in [-0.2, 0) is 4.79 Å². The van der Waals surface area contributed by atoms with Gasteiger partial charge in [-0.1, -0.05) is 17.7 Å². The molecular formula is C12H14ClNO3. The van der Waals surface area contributed by atoms with Gasteiger partial charge in [-0.25, -0.2) is 0 Å². The maximum atomic E-state index is 11.8. The monoisotopic (exact) mass is 255 g/mol. The fourth-order valence-electron chi connectivity index (χ4n) is 1.42. The molecule has 0 saturated heterocycles. The molecule has 0 bridgehead atoms. The molecule has 1 aromatic rings. The zero-order valence-corrected chi connectivity index (χ0v) is 10.4. The van der Waals surface area contributed by atoms with Crippen LogP contribution in [0.3, 0.4) is 0 Å². The first kappa shape index (κ1) is 13.5. The average molecular weight is 256 g/mol. The number of nitrogens with one attached hydrogen (secondary N) is 1. The van der Waals surface area contributed by atoms with Gasteiger partial charge in [-0.15, -0.1) is 0 Å². The van der Waals surface area contributed by atoms with Gasteiger partial charge < -0.3 is 10.4 Å². The van der Waals surface area contributed by atoms with Crippen LogP contribution >= 0.6 is 11.6 Å². The Bertz CT molecular complexity index is 445. The number of halogens is 1. The molecule has 0 heterocycles. The van der Waals surface area contributed by atoms with E-state index in [1.165, 1.54) is 0 Å². The van der Waals surface area contributed by atoms with Crippen molar-refractivity contribution in [3.8, 4) is 0 Å². The lowest BCUT2D eigenvalue weighted by molar-refractivity contribution is -0.137. The predicted molar refractivity (Wildman–Crippen MR) is 65.4 cm³/mol. The van der Waals surface area contributed by atoms with E-state index in [9.17, 15) is 9.59 Å². The quantitative estimate of drug-likeness (QED) is 0.867. The minimum absolute atomic E-state index is 0.116. The summed E-state index contributed by atoms with van der Waals surface area (Å²) in [6.07, 6.45) is -0.116. The van der Waals surface area contributed by atoms with E-state index in [0.29, 0.717) is 10.6 Å². The predicted octanol–water partition coefficient (Wildman–Crippen LogP) is 2.24. The summed E-state index contributed by atoms with van der Waals surface area (Å²) < 4.78 is 0. The van der Waals surface area contributed by atoms with E-state index >= 15 is 0 Å². The van der Waals surface area contributed by atoms with Gasteiger partial charge >= 0.3 is 5.97 Å². The van der Waals surface area contributed by atoms with E-state index in [1.54, 1.807) is 25.1 Å². The Morgan fingerprint density at radius 2 is 2.12 bits per heavy atom. The third-order valence-corrected chi connectivity index (χ3v) is 2.54. The Morgan fingerprint density at radius 1 is 1.47 bits per heavy atom. The molecule has 0 aliphatic heterocycles. The van der Waals surface area contributed by atoms with Gasteiger partial charge in [-0.3, -0.25) is 9.59 Å². The number of carboxylic acid groups (broad SMARTS) is 1. The van der Waals surface area contributed by atoms with Crippen LogP contribution in [-0.4, -0.2) is 23.0 Å². The molecule has 2 N–H and O–H groups in total. The average Bonchev–Trinajstić information content (AvgIpc) is 2.15. The Balaban J connectivity index is 2.73. The van der Waals surface area contributed by atoms with Gasteiger partial charge in [0, 0.05) is 6.04 Å². The Hall–Kier alpha value is -1.55. The zero-order valence-electron chi connectivity index (χ0n) is 9.66. The number of benzene rings is 1. The third-order valence-electron chi connectivity index (χ3n) is 2.23. The van der Waals surface area contributed by atoms with Gasteiger partial charge in [0.25, 0.3) is 5.91 Å². The zero-order chi connectivity index (χ0) is 13.0. The molecule has 0 fully saturated rings. The summed E-state index contributed by atoms with van der Waals surface area (Å²) in [5.41, 5.74) is 1.32. The third kappa shape index (κ3) is 4.07. The standard InChI is InChI=1S/C12H14ClNO3/c1-7-3-4-9(10(13)5-7)12(17)14-8(2)6-11(15)16/h3-5,8H,6H2,1-2H3,(H,14,17)(H,15,16). The number of carboxylic acids is 1. The van der Waals surface area contributed by atoms with Crippen molar-refractivity contribution in [1.82, 2.24) is 5.32 Å². The minimum Gasteiger partial charge on any atom is -0.481 e. The van der Waals surface area contributed by atoms with E-state index < -0.39 is 12.0 Å². The molecule has 1 unspecified atom stereocenters. The molecule has 0 aliphatic carbocycles. The van der Waals surface area contributed by atoms with Gasteiger partial charge in [0.1, 0.15) is 0 Å². The number of aliphatic carboxylic acids is 1. The molecular weight excluding hydrogens is 242 g/mol. The van der Waals surface area contributed by atoms with Crippen LogP contribution in [0.1, 0.15) is 29.3 Å². The fourth-order valence-corrected chi connectivity index (χ4v) is 1.74. The number of carbonyl (C=O) groups excluding carboxylic acids is 1. The molecule has 4 nitrogen and oxygen atoms in total. The molecule has 1 atom stereocenters. The molecule has 5 heteroatoms. The van der Waals surface area contributed by atoms with Crippen LogP contribution in [0.15, 0.2) is 18.2 Å². The number of hydrogen-bond acceptors (Lipinski definition) is 2. The van der Waals surface area contributed by atoms with Gasteiger partial charge in [-0.05, 0) is 31.5 Å². The highest BCUT2D eigenvalue weighted by Gasteiger charge is 2.14. The Labute approximate surface area is 105 Å². The van der Waals surface area contributed by atoms with Crippen molar-refractivity contribution in [2.24, 2.45) is 0 Å². The first-order valence-corrected chi connectivity index (χ1v) is 5.56. The van der Waals surface area contributed by atoms with Crippen molar-refractivity contribution in [3.05, 3.63) is 34.3 Å². The Morgan fingerprint density at radius 3 is 2.65 bits per heavy atom. The SMILES string of the molecule is Cc1ccc(C(=O)NC(C)CC(=O)O)c(Cl)c1. The molecule has 92 valence electrons. The van der Waals surface area contributed by atoms with Gasteiger partial charge in [0.05, 0.1) is 17.0 Å². The van der Waals surface area contributed by atoms with Crippen LogP contribution in [0.25, 0.3) is 0 Å². The molecule has 0 spiro atoms. The number of amides is 1. The number of carbonyl (C=O) groups is 2. The Kier molecular flexibility index (Phi) is 4.52. The second-order valence-electron chi connectivity index (χ2n) is 3.96. The summed E-state index contributed by atoms with van der Waals surface area (Å²) in [5, 5.41) is 11.5. The second kappa shape index (κ2) is 5.68. The van der Waals surface area contributed by atoms with Gasteiger partial charge in [0.15, 0.2) is 0 Å². The van der Waals surface area contributed by atoms with E-state index in [2.05, 4.69) is 5.32 Å². The number of aryl methyl sites for hydroxylation is 1. The molecule has 1 rings (SSSR count). The second-order valence-corrected chi connectivity index (χ2v) is 4.36. The van der Waals surface area contributed by atoms with Crippen LogP contribution in [0.5, 0.6) is 0 Å². The van der Waals surface area contributed by atoms with Gasteiger partial charge in [0.2, 0.25) is 0 Å². The van der Waals surface area contributed by atoms with Crippen molar-refractivity contribution >= 4 is 23.5 Å². The topological polar surface area (TPSA) is 66.4 Å². The molecule has 0 aromatic heterocycles. The molecule has 1 amide bonds. The highest BCUT2D eigenvalue weighted by molar-refractivity contribution is 6.33. The van der Waals surface area contributed by atoms with Crippen LogP contribution in [0.2, 0.25) is 5.02 Å². The molecule has 17 heavy (non-hydrogen) atoms. The first-order valence-electron chi connectivity index (χ1n) is 5.19. The largest absolute Gasteiger partial charge is 0.481 e. The van der Waals surface area contributed by atoms with Crippen molar-refractivity contribution in [3.63, 3.8) is 0 Å². The fraction of sp³-hybridized carbons (Fsp3) is 0.333. The lowest BCUT2D eigenvalue weighted by Crippen LogP contribution is -2.34. The summed E-state index contributed by atoms with van der Waals surface area (Å²) >= 11 is 5.94. The highest BCUT2D eigenvalue weighted by Crippen LogP contribution is 2.17. The smallest absolute Gasteiger partial charge is 0.305 e. The molecule has 0 radical (unpaired) electrons. The highest BCUT2D eigenvalue weighted by atomic mass is 35.5. The lowest BCUT2D eigenvalue weighted by Gasteiger charge is -2.12. The van der Waals surface area contributed by atoms with Crippen molar-refractivity contribution < 1.29 is 14.7 Å². The number of hydrogen-bond donors (Lipinski definition) is 2. The summed E-state index contributed by atoms with van der Waals surface area (Å²) in [4.78, 5) is 22.2.